The van der Waals surface area contributed by atoms with Crippen molar-refractivity contribution in [2.24, 2.45) is 0 Å². The molecule has 21 heavy (non-hydrogen) atoms. The van der Waals surface area contributed by atoms with E-state index in [-0.39, 0.29) is 5.91 Å². The highest BCUT2D eigenvalue weighted by Crippen LogP contribution is 2.23. The van der Waals surface area contributed by atoms with Crippen molar-refractivity contribution in [3.8, 4) is 11.8 Å². The topological polar surface area (TPSA) is 62.1 Å². The predicted octanol–water partition coefficient (Wildman–Crippen LogP) is 3.25. The van der Waals surface area contributed by atoms with Crippen LogP contribution in [0.5, 0.6) is 5.75 Å². The summed E-state index contributed by atoms with van der Waals surface area (Å²) < 4.78 is 5.18. The van der Waals surface area contributed by atoms with Crippen LogP contribution in [0.1, 0.15) is 17.0 Å². The summed E-state index contributed by atoms with van der Waals surface area (Å²) in [6.07, 6.45) is 0. The highest BCUT2D eigenvalue weighted by Gasteiger charge is 2.20. The summed E-state index contributed by atoms with van der Waals surface area (Å²) in [5, 5.41) is 12.0. The maximum absolute atomic E-state index is 12.2. The molecule has 4 heteroatoms. The third-order valence-corrected chi connectivity index (χ3v) is 3.19. The number of ether oxygens (including phenoxy) is 1. The quantitative estimate of drug-likeness (QED) is 0.935. The van der Waals surface area contributed by atoms with Gasteiger partial charge in [0.15, 0.2) is 5.92 Å². The van der Waals surface area contributed by atoms with Gasteiger partial charge in [0.1, 0.15) is 5.75 Å². The van der Waals surface area contributed by atoms with Gasteiger partial charge in [0.05, 0.1) is 13.2 Å². The van der Waals surface area contributed by atoms with Crippen LogP contribution in [0.25, 0.3) is 0 Å². The van der Waals surface area contributed by atoms with Crippen molar-refractivity contribution in [3.63, 3.8) is 0 Å². The minimum atomic E-state index is -0.825. The van der Waals surface area contributed by atoms with Crippen LogP contribution in [0.4, 0.5) is 5.69 Å². The van der Waals surface area contributed by atoms with Crippen molar-refractivity contribution in [3.05, 3.63) is 59.7 Å². The van der Waals surface area contributed by atoms with Crippen LogP contribution in [-0.4, -0.2) is 13.0 Å². The van der Waals surface area contributed by atoms with Gasteiger partial charge in [-0.2, -0.15) is 5.26 Å². The van der Waals surface area contributed by atoms with Crippen molar-refractivity contribution < 1.29 is 9.53 Å². The maximum Gasteiger partial charge on any atom is 0.246 e. The lowest BCUT2D eigenvalue weighted by Crippen LogP contribution is -2.20. The number of hydrogen-bond donors (Lipinski definition) is 1. The Kier molecular flexibility index (Phi) is 4.57. The maximum atomic E-state index is 12.2. The number of carbonyl (C=O) groups excluding carboxylic acids is 1. The van der Waals surface area contributed by atoms with E-state index in [2.05, 4.69) is 5.32 Å². The Hall–Kier alpha value is -2.80. The van der Waals surface area contributed by atoms with Gasteiger partial charge in [0.25, 0.3) is 0 Å². The Morgan fingerprint density at radius 1 is 1.24 bits per heavy atom. The zero-order valence-corrected chi connectivity index (χ0v) is 12.0. The summed E-state index contributed by atoms with van der Waals surface area (Å²) in [6, 6.07) is 16.4. The second-order valence-corrected chi connectivity index (χ2v) is 4.65. The number of methoxy groups -OCH3 is 1. The van der Waals surface area contributed by atoms with E-state index in [1.807, 2.05) is 37.3 Å². The van der Waals surface area contributed by atoms with E-state index >= 15 is 0 Å². The van der Waals surface area contributed by atoms with E-state index in [9.17, 15) is 10.1 Å². The van der Waals surface area contributed by atoms with Gasteiger partial charge in [-0.15, -0.1) is 0 Å². The van der Waals surface area contributed by atoms with Crippen molar-refractivity contribution in [1.29, 1.82) is 5.26 Å². The number of nitrogens with zero attached hydrogens (tertiary/aromatic N) is 1. The molecule has 0 aliphatic heterocycles. The molecular weight excluding hydrogens is 264 g/mol. The third kappa shape index (κ3) is 3.40. The second-order valence-electron chi connectivity index (χ2n) is 4.65. The van der Waals surface area contributed by atoms with Gasteiger partial charge in [0.2, 0.25) is 5.91 Å². The predicted molar refractivity (Wildman–Crippen MR) is 81.2 cm³/mol. The zero-order valence-electron chi connectivity index (χ0n) is 12.0. The molecular formula is C17H16N2O2. The number of nitriles is 1. The zero-order chi connectivity index (χ0) is 15.2. The highest BCUT2D eigenvalue weighted by atomic mass is 16.5. The second kappa shape index (κ2) is 6.58. The summed E-state index contributed by atoms with van der Waals surface area (Å²) in [7, 11) is 1.60. The van der Waals surface area contributed by atoms with E-state index in [1.54, 1.807) is 31.4 Å². The van der Waals surface area contributed by atoms with E-state index in [4.69, 9.17) is 4.74 Å². The molecule has 2 aromatic carbocycles. The summed E-state index contributed by atoms with van der Waals surface area (Å²) >= 11 is 0. The molecule has 0 fully saturated rings. The number of anilines is 1. The van der Waals surface area contributed by atoms with Crippen molar-refractivity contribution >= 4 is 11.6 Å². The highest BCUT2D eigenvalue weighted by molar-refractivity contribution is 5.97. The average Bonchev–Trinajstić information content (AvgIpc) is 2.49. The minimum absolute atomic E-state index is 0.340. The molecule has 1 unspecified atom stereocenters. The van der Waals surface area contributed by atoms with Gasteiger partial charge in [0, 0.05) is 5.69 Å². The molecule has 1 amide bonds. The molecule has 106 valence electrons. The molecule has 4 nitrogen and oxygen atoms in total. The molecule has 0 saturated carbocycles. The molecule has 0 heterocycles. The third-order valence-electron chi connectivity index (χ3n) is 3.19. The molecule has 0 aliphatic rings. The van der Waals surface area contributed by atoms with Gasteiger partial charge in [-0.1, -0.05) is 30.3 Å². The van der Waals surface area contributed by atoms with Crippen LogP contribution in [0, 0.1) is 18.3 Å². The fourth-order valence-corrected chi connectivity index (χ4v) is 2.10. The van der Waals surface area contributed by atoms with Crippen LogP contribution < -0.4 is 10.1 Å². The number of benzene rings is 2. The first-order chi connectivity index (χ1) is 10.2. The molecule has 0 aliphatic carbocycles. The molecule has 0 bridgehead atoms. The summed E-state index contributed by atoms with van der Waals surface area (Å²) in [6.45, 7) is 1.90. The van der Waals surface area contributed by atoms with Gasteiger partial charge >= 0.3 is 0 Å². The summed E-state index contributed by atoms with van der Waals surface area (Å²) in [5.74, 6) is -0.408. The molecule has 2 aromatic rings. The Balaban J connectivity index is 2.17. The SMILES string of the molecule is COc1ccc(NC(=O)C(C#N)c2ccccc2)cc1C. The van der Waals surface area contributed by atoms with Crippen LogP contribution in [0.3, 0.4) is 0 Å². The number of carbonyl (C=O) groups is 1. The lowest BCUT2D eigenvalue weighted by atomic mass is 10.00. The standard InChI is InChI=1S/C17H16N2O2/c1-12-10-14(8-9-16(12)21-2)19-17(20)15(11-18)13-6-4-3-5-7-13/h3-10,15H,1-2H3,(H,19,20). The fourth-order valence-electron chi connectivity index (χ4n) is 2.10. The summed E-state index contributed by atoms with van der Waals surface area (Å²) in [4.78, 5) is 12.2. The molecule has 0 radical (unpaired) electrons. The van der Waals surface area contributed by atoms with Gasteiger partial charge < -0.3 is 10.1 Å². The number of aryl methyl sites for hydroxylation is 1. The monoisotopic (exact) mass is 280 g/mol. The molecule has 1 N–H and O–H groups in total. The van der Waals surface area contributed by atoms with E-state index in [0.29, 0.717) is 11.3 Å². The Morgan fingerprint density at radius 2 is 1.95 bits per heavy atom. The lowest BCUT2D eigenvalue weighted by molar-refractivity contribution is -0.116. The molecule has 0 saturated heterocycles. The van der Waals surface area contributed by atoms with Crippen LogP contribution in [-0.2, 0) is 4.79 Å². The Bertz CT molecular complexity index is 675. The molecule has 1 atom stereocenters. The van der Waals surface area contributed by atoms with Crippen molar-refractivity contribution in [2.45, 2.75) is 12.8 Å². The smallest absolute Gasteiger partial charge is 0.246 e. The molecule has 2 rings (SSSR count). The van der Waals surface area contributed by atoms with Crippen molar-refractivity contribution in [2.75, 3.05) is 12.4 Å². The van der Waals surface area contributed by atoms with E-state index in [1.165, 1.54) is 0 Å². The summed E-state index contributed by atoms with van der Waals surface area (Å²) in [5.41, 5.74) is 2.25. The lowest BCUT2D eigenvalue weighted by Gasteiger charge is -2.12. The first kappa shape index (κ1) is 14.6. The molecule has 0 aromatic heterocycles. The first-order valence-corrected chi connectivity index (χ1v) is 6.55. The van der Waals surface area contributed by atoms with Gasteiger partial charge in [-0.05, 0) is 36.2 Å². The van der Waals surface area contributed by atoms with E-state index < -0.39 is 5.92 Å². The van der Waals surface area contributed by atoms with Gasteiger partial charge in [-0.3, -0.25) is 4.79 Å². The first-order valence-electron chi connectivity index (χ1n) is 6.55. The van der Waals surface area contributed by atoms with Crippen molar-refractivity contribution in [1.82, 2.24) is 0 Å². The molecule has 0 spiro atoms. The average molecular weight is 280 g/mol. The van der Waals surface area contributed by atoms with Gasteiger partial charge in [-0.25, -0.2) is 0 Å². The Labute approximate surface area is 124 Å². The largest absolute Gasteiger partial charge is 0.496 e. The number of nitrogens with one attached hydrogen (secondary N) is 1. The van der Waals surface area contributed by atoms with Crippen LogP contribution >= 0.6 is 0 Å². The van der Waals surface area contributed by atoms with Crippen LogP contribution in [0.15, 0.2) is 48.5 Å². The Morgan fingerprint density at radius 3 is 2.52 bits per heavy atom. The number of rotatable bonds is 4. The van der Waals surface area contributed by atoms with Crippen LogP contribution in [0.2, 0.25) is 0 Å². The van der Waals surface area contributed by atoms with E-state index in [0.717, 1.165) is 11.3 Å². The number of hydrogen-bond acceptors (Lipinski definition) is 3. The minimum Gasteiger partial charge on any atom is -0.496 e. The number of amides is 1. The fraction of sp³-hybridized carbons (Fsp3) is 0.176. The normalized spacial score (nSPS) is 11.3.